The Balaban J connectivity index is 1.33. The molecular weight excluding hydrogens is 444 g/mol. The number of amides is 2. The van der Waals surface area contributed by atoms with Crippen LogP contribution in [0.4, 0.5) is 10.5 Å². The van der Waals surface area contributed by atoms with Gasteiger partial charge in [0.1, 0.15) is 29.3 Å². The Bertz CT molecular complexity index is 1130. The number of aromatic nitrogens is 3. The molecular formula is C23H27ClN6O3. The first-order valence-electron chi connectivity index (χ1n) is 10.7. The molecule has 0 unspecified atom stereocenters. The van der Waals surface area contributed by atoms with E-state index in [-0.39, 0.29) is 6.03 Å². The van der Waals surface area contributed by atoms with Gasteiger partial charge in [-0.25, -0.2) is 14.5 Å². The van der Waals surface area contributed by atoms with E-state index < -0.39 is 0 Å². The lowest BCUT2D eigenvalue weighted by molar-refractivity contribution is 0.194. The Morgan fingerprint density at radius 1 is 1.06 bits per heavy atom. The zero-order chi connectivity index (χ0) is 23.4. The number of benzene rings is 2. The lowest BCUT2D eigenvalue weighted by atomic mass is 10.2. The SMILES string of the molecule is COc1ccc(CNC(=O)N2CCN(c3ccc(-n4cnc(C)n4)c(OC)c3)CC2)cc1Cl. The molecule has 1 fully saturated rings. The number of rotatable bonds is 6. The van der Waals surface area contributed by atoms with Crippen molar-refractivity contribution < 1.29 is 14.3 Å². The molecule has 0 bridgehead atoms. The number of ether oxygens (including phenoxy) is 2. The average Bonchev–Trinajstić information content (AvgIpc) is 3.28. The first kappa shape index (κ1) is 22.7. The lowest BCUT2D eigenvalue weighted by Crippen LogP contribution is -2.51. The minimum Gasteiger partial charge on any atom is -0.495 e. The van der Waals surface area contributed by atoms with Crippen molar-refractivity contribution in [3.8, 4) is 17.2 Å². The maximum Gasteiger partial charge on any atom is 0.317 e. The summed E-state index contributed by atoms with van der Waals surface area (Å²) in [6.45, 7) is 4.96. The molecule has 0 saturated carbocycles. The number of carbonyl (C=O) groups excluding carboxylic acids is 1. The number of piperazine rings is 1. The third-order valence-corrected chi connectivity index (χ3v) is 5.90. The van der Waals surface area contributed by atoms with Crippen molar-refractivity contribution in [2.45, 2.75) is 13.5 Å². The summed E-state index contributed by atoms with van der Waals surface area (Å²) >= 11 is 6.16. The standard InChI is InChI=1S/C23H27ClN6O3/c1-16-26-15-30(27-16)20-6-5-18(13-22(20)33-3)28-8-10-29(11-9-28)23(31)25-14-17-4-7-21(32-2)19(24)12-17/h4-7,12-13,15H,8-11,14H2,1-3H3,(H,25,31). The van der Waals surface area contributed by atoms with E-state index in [0.717, 1.165) is 35.8 Å². The van der Waals surface area contributed by atoms with Crippen LogP contribution in [0, 0.1) is 6.92 Å². The summed E-state index contributed by atoms with van der Waals surface area (Å²) in [7, 11) is 3.22. The van der Waals surface area contributed by atoms with Gasteiger partial charge in [0.05, 0.1) is 19.2 Å². The molecule has 1 N–H and O–H groups in total. The van der Waals surface area contributed by atoms with Crippen LogP contribution >= 0.6 is 11.6 Å². The molecule has 4 rings (SSSR count). The second-order valence-electron chi connectivity index (χ2n) is 7.69. The molecule has 2 aromatic carbocycles. The van der Waals surface area contributed by atoms with Crippen LogP contribution in [-0.2, 0) is 6.54 Å². The van der Waals surface area contributed by atoms with Crippen molar-refractivity contribution >= 4 is 23.3 Å². The van der Waals surface area contributed by atoms with Crippen LogP contribution in [0.1, 0.15) is 11.4 Å². The zero-order valence-electron chi connectivity index (χ0n) is 18.9. The molecule has 3 aromatic rings. The molecule has 1 aliphatic heterocycles. The summed E-state index contributed by atoms with van der Waals surface area (Å²) in [6, 6.07) is 11.4. The van der Waals surface area contributed by atoms with Gasteiger partial charge in [-0.2, -0.15) is 5.10 Å². The van der Waals surface area contributed by atoms with E-state index in [1.165, 1.54) is 0 Å². The number of aryl methyl sites for hydroxylation is 1. The Labute approximate surface area is 197 Å². The largest absolute Gasteiger partial charge is 0.495 e. The van der Waals surface area contributed by atoms with Crippen molar-refractivity contribution in [3.05, 3.63) is 59.1 Å². The highest BCUT2D eigenvalue weighted by Gasteiger charge is 2.22. The van der Waals surface area contributed by atoms with Crippen LogP contribution in [0.25, 0.3) is 5.69 Å². The van der Waals surface area contributed by atoms with E-state index >= 15 is 0 Å². The van der Waals surface area contributed by atoms with Crippen LogP contribution in [0.2, 0.25) is 5.02 Å². The van der Waals surface area contributed by atoms with E-state index in [1.807, 2.05) is 36.1 Å². The van der Waals surface area contributed by atoms with Crippen molar-refractivity contribution in [2.75, 3.05) is 45.3 Å². The highest BCUT2D eigenvalue weighted by Crippen LogP contribution is 2.29. The predicted octanol–water partition coefficient (Wildman–Crippen LogP) is 3.28. The van der Waals surface area contributed by atoms with Crippen LogP contribution < -0.4 is 19.7 Å². The van der Waals surface area contributed by atoms with E-state index in [0.29, 0.717) is 36.2 Å². The minimum absolute atomic E-state index is 0.0870. The molecule has 0 spiro atoms. The zero-order valence-corrected chi connectivity index (χ0v) is 19.7. The molecule has 0 radical (unpaired) electrons. The molecule has 1 aliphatic rings. The Morgan fingerprint density at radius 3 is 2.45 bits per heavy atom. The molecule has 0 aliphatic carbocycles. The van der Waals surface area contributed by atoms with Gasteiger partial charge in [-0.05, 0) is 36.8 Å². The fourth-order valence-corrected chi connectivity index (χ4v) is 4.07. The van der Waals surface area contributed by atoms with E-state index in [9.17, 15) is 4.79 Å². The number of anilines is 1. The van der Waals surface area contributed by atoms with Gasteiger partial charge in [0, 0.05) is 44.5 Å². The number of carbonyl (C=O) groups is 1. The highest BCUT2D eigenvalue weighted by molar-refractivity contribution is 6.32. The smallest absolute Gasteiger partial charge is 0.317 e. The van der Waals surface area contributed by atoms with Gasteiger partial charge in [0.25, 0.3) is 0 Å². The Morgan fingerprint density at radius 2 is 1.82 bits per heavy atom. The van der Waals surface area contributed by atoms with Gasteiger partial charge in [-0.3, -0.25) is 0 Å². The quantitative estimate of drug-likeness (QED) is 0.595. The summed E-state index contributed by atoms with van der Waals surface area (Å²) < 4.78 is 12.5. The number of nitrogens with zero attached hydrogens (tertiary/aromatic N) is 5. The highest BCUT2D eigenvalue weighted by atomic mass is 35.5. The van der Waals surface area contributed by atoms with E-state index in [2.05, 4.69) is 20.3 Å². The number of halogens is 1. The molecule has 9 nitrogen and oxygen atoms in total. The number of urea groups is 1. The number of methoxy groups -OCH3 is 2. The maximum absolute atomic E-state index is 12.6. The van der Waals surface area contributed by atoms with Crippen molar-refractivity contribution in [3.63, 3.8) is 0 Å². The van der Waals surface area contributed by atoms with Gasteiger partial charge in [-0.1, -0.05) is 17.7 Å². The minimum atomic E-state index is -0.0870. The molecule has 1 saturated heterocycles. The number of hydrogen-bond donors (Lipinski definition) is 1. The summed E-state index contributed by atoms with van der Waals surface area (Å²) in [6.07, 6.45) is 1.67. The Hall–Kier alpha value is -3.46. The van der Waals surface area contributed by atoms with Crippen molar-refractivity contribution in [1.82, 2.24) is 25.0 Å². The van der Waals surface area contributed by atoms with E-state index in [1.54, 1.807) is 37.4 Å². The topological polar surface area (TPSA) is 84.8 Å². The third-order valence-electron chi connectivity index (χ3n) is 5.61. The summed E-state index contributed by atoms with van der Waals surface area (Å²) in [5, 5.41) is 7.85. The summed E-state index contributed by atoms with van der Waals surface area (Å²) in [5.41, 5.74) is 2.79. The monoisotopic (exact) mass is 470 g/mol. The molecule has 2 amide bonds. The molecule has 10 heteroatoms. The summed E-state index contributed by atoms with van der Waals surface area (Å²) in [5.74, 6) is 2.03. The van der Waals surface area contributed by atoms with Crippen LogP contribution in [0.3, 0.4) is 0 Å². The fourth-order valence-electron chi connectivity index (χ4n) is 3.79. The predicted molar refractivity (Wildman–Crippen MR) is 127 cm³/mol. The second-order valence-corrected chi connectivity index (χ2v) is 8.10. The average molecular weight is 471 g/mol. The van der Waals surface area contributed by atoms with Crippen molar-refractivity contribution in [1.29, 1.82) is 0 Å². The number of nitrogens with one attached hydrogen (secondary N) is 1. The molecule has 0 atom stereocenters. The van der Waals surface area contributed by atoms with Crippen LogP contribution in [-0.4, -0.2) is 66.1 Å². The normalized spacial score (nSPS) is 13.7. The molecule has 33 heavy (non-hydrogen) atoms. The lowest BCUT2D eigenvalue weighted by Gasteiger charge is -2.36. The second kappa shape index (κ2) is 9.99. The number of hydrogen-bond acceptors (Lipinski definition) is 6. The van der Waals surface area contributed by atoms with Crippen LogP contribution in [0.5, 0.6) is 11.5 Å². The molecule has 174 valence electrons. The van der Waals surface area contributed by atoms with Gasteiger partial charge in [-0.15, -0.1) is 0 Å². The van der Waals surface area contributed by atoms with Gasteiger partial charge in [0.2, 0.25) is 0 Å². The first-order valence-corrected chi connectivity index (χ1v) is 11.0. The van der Waals surface area contributed by atoms with Gasteiger partial charge in [0.15, 0.2) is 0 Å². The first-order chi connectivity index (χ1) is 16.0. The molecule has 1 aromatic heterocycles. The van der Waals surface area contributed by atoms with E-state index in [4.69, 9.17) is 21.1 Å². The maximum atomic E-state index is 12.6. The summed E-state index contributed by atoms with van der Waals surface area (Å²) in [4.78, 5) is 20.9. The van der Waals surface area contributed by atoms with Gasteiger partial charge >= 0.3 is 6.03 Å². The third kappa shape index (κ3) is 5.14. The van der Waals surface area contributed by atoms with Crippen LogP contribution in [0.15, 0.2) is 42.7 Å². The Kier molecular flexibility index (Phi) is 6.88. The fraction of sp³-hybridized carbons (Fsp3) is 0.348. The van der Waals surface area contributed by atoms with Gasteiger partial charge < -0.3 is 24.6 Å². The van der Waals surface area contributed by atoms with Crippen molar-refractivity contribution in [2.24, 2.45) is 0 Å². The molecule has 2 heterocycles.